The Balaban J connectivity index is 0.00000338. The number of ether oxygens (including phenoxy) is 1. The normalized spacial score (nSPS) is 15.5. The molecule has 0 aliphatic carbocycles. The van der Waals surface area contributed by atoms with E-state index in [0.717, 1.165) is 64.0 Å². The Labute approximate surface area is 173 Å². The Kier molecular flexibility index (Phi) is 11.5. The summed E-state index contributed by atoms with van der Waals surface area (Å²) in [6, 6.07) is 6.75. The number of aliphatic imine (C=N–C) groups is 1. The quantitative estimate of drug-likeness (QED) is 0.258. The number of halogens is 2. The van der Waals surface area contributed by atoms with Gasteiger partial charge in [0.2, 0.25) is 0 Å². The second kappa shape index (κ2) is 13.1. The molecule has 0 unspecified atom stereocenters. The molecule has 1 saturated heterocycles. The van der Waals surface area contributed by atoms with Crippen molar-refractivity contribution >= 4 is 35.6 Å². The number of benzene rings is 1. The first-order chi connectivity index (χ1) is 12.2. The number of rotatable bonds is 8. The van der Waals surface area contributed by atoms with Crippen molar-refractivity contribution in [1.29, 1.82) is 0 Å². The number of piperazine rings is 1. The summed E-state index contributed by atoms with van der Waals surface area (Å²) in [4.78, 5) is 9.33. The number of guanidine groups is 1. The van der Waals surface area contributed by atoms with Crippen LogP contribution >= 0.6 is 24.0 Å². The van der Waals surface area contributed by atoms with Crippen molar-refractivity contribution in [3.05, 3.63) is 30.1 Å². The van der Waals surface area contributed by atoms with Gasteiger partial charge >= 0.3 is 0 Å². The molecule has 1 heterocycles. The van der Waals surface area contributed by atoms with Gasteiger partial charge in [-0.2, -0.15) is 0 Å². The molecule has 1 aromatic rings. The maximum atomic E-state index is 13.0. The van der Waals surface area contributed by atoms with Crippen molar-refractivity contribution in [2.24, 2.45) is 4.99 Å². The van der Waals surface area contributed by atoms with Gasteiger partial charge in [0.15, 0.2) is 5.96 Å². The minimum atomic E-state index is -0.184. The summed E-state index contributed by atoms with van der Waals surface area (Å²) in [6.07, 6.45) is 0. The van der Waals surface area contributed by atoms with Crippen molar-refractivity contribution in [2.75, 3.05) is 71.0 Å². The molecule has 0 aromatic heterocycles. The fourth-order valence-electron chi connectivity index (χ4n) is 2.80. The molecule has 1 aliphatic rings. The van der Waals surface area contributed by atoms with Crippen LogP contribution in [-0.2, 0) is 4.74 Å². The topological polar surface area (TPSA) is 52.1 Å². The molecule has 1 aliphatic heterocycles. The molecule has 6 nitrogen and oxygen atoms in total. The first-order valence-electron chi connectivity index (χ1n) is 8.97. The lowest BCUT2D eigenvalue weighted by Crippen LogP contribution is -2.47. The molecule has 0 radical (unpaired) electrons. The van der Waals surface area contributed by atoms with E-state index in [1.807, 2.05) is 12.1 Å². The second-order valence-corrected chi connectivity index (χ2v) is 5.99. The Bertz CT molecular complexity index is 521. The van der Waals surface area contributed by atoms with Gasteiger partial charge in [0.1, 0.15) is 5.82 Å². The minimum Gasteiger partial charge on any atom is -0.383 e. The molecule has 0 spiro atoms. The lowest BCUT2D eigenvalue weighted by molar-refractivity contribution is 0.203. The molecular weight excluding hydrogens is 448 g/mol. The van der Waals surface area contributed by atoms with E-state index in [4.69, 9.17) is 4.74 Å². The van der Waals surface area contributed by atoms with E-state index in [9.17, 15) is 4.39 Å². The summed E-state index contributed by atoms with van der Waals surface area (Å²) in [6.45, 7) is 9.94. The summed E-state index contributed by atoms with van der Waals surface area (Å²) in [5.41, 5.74) is 1.09. The highest BCUT2D eigenvalue weighted by molar-refractivity contribution is 14.0. The molecular formula is C18H31FIN5O. The average Bonchev–Trinajstić information content (AvgIpc) is 2.63. The molecule has 0 atom stereocenters. The Morgan fingerprint density at radius 2 is 1.85 bits per heavy atom. The Hall–Kier alpha value is -1.13. The SMILES string of the molecule is CCNC(=NCCN1CCN(c2ccc(F)cc2)CC1)NCCOC.I. The van der Waals surface area contributed by atoms with Crippen LogP contribution in [0.1, 0.15) is 6.92 Å². The van der Waals surface area contributed by atoms with Crippen LogP contribution in [0.2, 0.25) is 0 Å². The van der Waals surface area contributed by atoms with Crippen molar-refractivity contribution < 1.29 is 9.13 Å². The molecule has 1 aromatic carbocycles. The number of nitrogens with one attached hydrogen (secondary N) is 2. The predicted octanol–water partition coefficient (Wildman–Crippen LogP) is 1.77. The van der Waals surface area contributed by atoms with E-state index in [1.165, 1.54) is 12.1 Å². The van der Waals surface area contributed by atoms with Gasteiger partial charge in [-0.3, -0.25) is 9.89 Å². The van der Waals surface area contributed by atoms with Gasteiger partial charge in [0.25, 0.3) is 0 Å². The Morgan fingerprint density at radius 3 is 2.46 bits per heavy atom. The standard InChI is InChI=1S/C18H30FN5O.HI/c1-3-20-18(22-9-15-25-2)21-8-10-23-11-13-24(14-12-23)17-6-4-16(19)5-7-17;/h4-7H,3,8-15H2,1-2H3,(H2,20,21,22);1H. The monoisotopic (exact) mass is 479 g/mol. The molecule has 148 valence electrons. The molecule has 26 heavy (non-hydrogen) atoms. The third kappa shape index (κ3) is 8.05. The van der Waals surface area contributed by atoms with E-state index in [1.54, 1.807) is 7.11 Å². The third-order valence-electron chi connectivity index (χ3n) is 4.19. The van der Waals surface area contributed by atoms with Gasteiger partial charge in [-0.25, -0.2) is 4.39 Å². The van der Waals surface area contributed by atoms with Crippen LogP contribution in [0.4, 0.5) is 10.1 Å². The lowest BCUT2D eigenvalue weighted by atomic mass is 10.2. The van der Waals surface area contributed by atoms with Crippen LogP contribution in [0.5, 0.6) is 0 Å². The van der Waals surface area contributed by atoms with E-state index < -0.39 is 0 Å². The maximum Gasteiger partial charge on any atom is 0.191 e. The molecule has 2 rings (SSSR count). The third-order valence-corrected chi connectivity index (χ3v) is 4.19. The Morgan fingerprint density at radius 1 is 1.15 bits per heavy atom. The number of hydrogen-bond acceptors (Lipinski definition) is 4. The van der Waals surface area contributed by atoms with Crippen molar-refractivity contribution in [2.45, 2.75) is 6.92 Å². The summed E-state index contributed by atoms with van der Waals surface area (Å²) in [5, 5.41) is 6.49. The van der Waals surface area contributed by atoms with Gasteiger partial charge in [0.05, 0.1) is 13.2 Å². The zero-order valence-electron chi connectivity index (χ0n) is 15.7. The van der Waals surface area contributed by atoms with Crippen LogP contribution < -0.4 is 15.5 Å². The first-order valence-corrected chi connectivity index (χ1v) is 8.97. The number of nitrogens with zero attached hydrogens (tertiary/aromatic N) is 3. The highest BCUT2D eigenvalue weighted by Gasteiger charge is 2.16. The van der Waals surface area contributed by atoms with E-state index >= 15 is 0 Å². The molecule has 0 saturated carbocycles. The zero-order valence-corrected chi connectivity index (χ0v) is 18.0. The van der Waals surface area contributed by atoms with Crippen LogP contribution in [0.3, 0.4) is 0 Å². The first kappa shape index (κ1) is 22.9. The molecule has 2 N–H and O–H groups in total. The van der Waals surface area contributed by atoms with E-state index in [-0.39, 0.29) is 29.8 Å². The minimum absolute atomic E-state index is 0. The van der Waals surface area contributed by atoms with E-state index in [2.05, 4.69) is 32.3 Å². The maximum absolute atomic E-state index is 13.0. The summed E-state index contributed by atoms with van der Waals surface area (Å²) in [7, 11) is 1.69. The van der Waals surface area contributed by atoms with Crippen molar-refractivity contribution in [1.82, 2.24) is 15.5 Å². The van der Waals surface area contributed by atoms with Gasteiger partial charge < -0.3 is 20.3 Å². The number of anilines is 1. The molecule has 1 fully saturated rings. The van der Waals surface area contributed by atoms with Gasteiger partial charge in [-0.1, -0.05) is 0 Å². The smallest absolute Gasteiger partial charge is 0.191 e. The summed E-state index contributed by atoms with van der Waals surface area (Å²) >= 11 is 0. The molecule has 0 bridgehead atoms. The van der Waals surface area contributed by atoms with Crippen LogP contribution in [0.15, 0.2) is 29.3 Å². The second-order valence-electron chi connectivity index (χ2n) is 5.99. The van der Waals surface area contributed by atoms with Crippen LogP contribution in [0.25, 0.3) is 0 Å². The van der Waals surface area contributed by atoms with Gasteiger partial charge in [0, 0.05) is 58.6 Å². The van der Waals surface area contributed by atoms with Crippen LogP contribution in [0, 0.1) is 5.82 Å². The highest BCUT2D eigenvalue weighted by atomic mass is 127. The molecule has 8 heteroatoms. The summed E-state index contributed by atoms with van der Waals surface area (Å²) in [5.74, 6) is 0.653. The van der Waals surface area contributed by atoms with Crippen LogP contribution in [-0.4, -0.2) is 76.9 Å². The van der Waals surface area contributed by atoms with Gasteiger partial charge in [-0.05, 0) is 31.2 Å². The average molecular weight is 479 g/mol. The summed E-state index contributed by atoms with van der Waals surface area (Å²) < 4.78 is 18.1. The van der Waals surface area contributed by atoms with Crippen molar-refractivity contribution in [3.8, 4) is 0 Å². The number of hydrogen-bond donors (Lipinski definition) is 2. The highest BCUT2D eigenvalue weighted by Crippen LogP contribution is 2.16. The lowest BCUT2D eigenvalue weighted by Gasteiger charge is -2.35. The van der Waals surface area contributed by atoms with E-state index in [0.29, 0.717) is 6.61 Å². The largest absolute Gasteiger partial charge is 0.383 e. The fourth-order valence-corrected chi connectivity index (χ4v) is 2.80. The zero-order chi connectivity index (χ0) is 17.9. The van der Waals surface area contributed by atoms with Crippen molar-refractivity contribution in [3.63, 3.8) is 0 Å². The van der Waals surface area contributed by atoms with Gasteiger partial charge in [-0.15, -0.1) is 24.0 Å². The fraction of sp³-hybridized carbons (Fsp3) is 0.611. The molecule has 0 amide bonds. The predicted molar refractivity (Wildman–Crippen MR) is 116 cm³/mol. The number of methoxy groups -OCH3 is 1.